The Balaban J connectivity index is 2.19. The Bertz CT molecular complexity index is 585. The fraction of sp³-hybridized carbons (Fsp3) is 0.167. The first-order chi connectivity index (χ1) is 8.60. The summed E-state index contributed by atoms with van der Waals surface area (Å²) in [6.07, 6.45) is 0. The van der Waals surface area contributed by atoms with Crippen LogP contribution in [-0.2, 0) is 5.88 Å². The minimum absolute atomic E-state index is 0.180. The lowest BCUT2D eigenvalue weighted by atomic mass is 10.1. The van der Waals surface area contributed by atoms with Crippen LogP contribution in [0.25, 0.3) is 0 Å². The van der Waals surface area contributed by atoms with Crippen LogP contribution < -0.4 is 5.32 Å². The number of alkyl halides is 1. The number of halogens is 2. The van der Waals surface area contributed by atoms with E-state index in [-0.39, 0.29) is 5.91 Å². The van der Waals surface area contributed by atoms with Crippen molar-refractivity contribution >= 4 is 49.9 Å². The van der Waals surface area contributed by atoms with Gasteiger partial charge in [-0.1, -0.05) is 11.6 Å². The first-order valence-electron chi connectivity index (χ1n) is 5.18. The van der Waals surface area contributed by atoms with E-state index in [2.05, 4.69) is 26.2 Å². The number of aryl methyl sites for hydroxylation is 1. The second-order valence-electron chi connectivity index (χ2n) is 3.72. The molecular weight excluding hydrogens is 336 g/mol. The topological polar surface area (TPSA) is 42.0 Å². The van der Waals surface area contributed by atoms with E-state index >= 15 is 0 Å². The van der Waals surface area contributed by atoms with Crippen LogP contribution in [0.2, 0.25) is 0 Å². The Morgan fingerprint density at radius 3 is 3.00 bits per heavy atom. The molecule has 1 amide bonds. The molecule has 2 aromatic rings. The highest BCUT2D eigenvalue weighted by atomic mass is 79.9. The Morgan fingerprint density at radius 2 is 2.33 bits per heavy atom. The molecule has 1 N–H and O–H groups in total. The van der Waals surface area contributed by atoms with Crippen molar-refractivity contribution in [3.8, 4) is 0 Å². The van der Waals surface area contributed by atoms with Crippen LogP contribution in [0.4, 0.5) is 5.13 Å². The van der Waals surface area contributed by atoms with Gasteiger partial charge in [0.05, 0.1) is 17.1 Å². The molecule has 0 unspecified atom stereocenters. The number of aromatic nitrogens is 1. The molecule has 1 aromatic heterocycles. The minimum Gasteiger partial charge on any atom is -0.298 e. The fourth-order valence-corrected chi connectivity index (χ4v) is 2.76. The summed E-state index contributed by atoms with van der Waals surface area (Å²) in [5.41, 5.74) is 2.39. The predicted molar refractivity (Wildman–Crippen MR) is 78.5 cm³/mol. The predicted octanol–water partition coefficient (Wildman–Crippen LogP) is 4.21. The Morgan fingerprint density at radius 1 is 1.56 bits per heavy atom. The molecule has 2 rings (SSSR count). The van der Waals surface area contributed by atoms with Crippen LogP contribution in [0.1, 0.15) is 21.6 Å². The second-order valence-corrected chi connectivity index (χ2v) is 5.69. The molecule has 0 saturated carbocycles. The van der Waals surface area contributed by atoms with Crippen LogP contribution >= 0.6 is 38.9 Å². The molecular formula is C12H10BrClN2OS. The van der Waals surface area contributed by atoms with E-state index in [0.717, 1.165) is 15.7 Å². The maximum Gasteiger partial charge on any atom is 0.258 e. The molecule has 0 radical (unpaired) electrons. The summed E-state index contributed by atoms with van der Waals surface area (Å²) in [7, 11) is 0. The van der Waals surface area contributed by atoms with Crippen molar-refractivity contribution in [2.24, 2.45) is 0 Å². The molecule has 6 heteroatoms. The van der Waals surface area contributed by atoms with E-state index in [1.807, 2.05) is 30.5 Å². The number of carbonyl (C=O) groups excluding carboxylic acids is 1. The molecule has 0 aliphatic heterocycles. The number of benzene rings is 1. The molecule has 18 heavy (non-hydrogen) atoms. The quantitative estimate of drug-likeness (QED) is 0.847. The van der Waals surface area contributed by atoms with Gasteiger partial charge in [-0.25, -0.2) is 4.98 Å². The third-order valence-electron chi connectivity index (χ3n) is 2.28. The Labute approximate surface area is 122 Å². The van der Waals surface area contributed by atoms with Gasteiger partial charge in [-0.2, -0.15) is 0 Å². The zero-order valence-electron chi connectivity index (χ0n) is 9.54. The number of thiazole rings is 1. The summed E-state index contributed by atoms with van der Waals surface area (Å²) in [5.74, 6) is 0.168. The van der Waals surface area contributed by atoms with Crippen molar-refractivity contribution in [3.63, 3.8) is 0 Å². The Hall–Kier alpha value is -0.910. The van der Waals surface area contributed by atoms with Crippen LogP contribution in [0.15, 0.2) is 28.1 Å². The zero-order chi connectivity index (χ0) is 13.1. The van der Waals surface area contributed by atoms with Crippen LogP contribution in [-0.4, -0.2) is 10.9 Å². The molecule has 0 aliphatic carbocycles. The van der Waals surface area contributed by atoms with E-state index in [9.17, 15) is 4.79 Å². The SMILES string of the molecule is Cc1ccc(Br)c(C(=O)Nc2nc(CCl)cs2)c1. The molecule has 3 nitrogen and oxygen atoms in total. The molecule has 0 atom stereocenters. The summed E-state index contributed by atoms with van der Waals surface area (Å²) < 4.78 is 0.764. The zero-order valence-corrected chi connectivity index (χ0v) is 12.7. The van der Waals surface area contributed by atoms with Crippen molar-refractivity contribution in [2.45, 2.75) is 12.8 Å². The maximum atomic E-state index is 12.1. The molecule has 0 spiro atoms. The van der Waals surface area contributed by atoms with Crippen molar-refractivity contribution in [2.75, 3.05) is 5.32 Å². The van der Waals surface area contributed by atoms with E-state index < -0.39 is 0 Å². The van der Waals surface area contributed by atoms with E-state index in [1.165, 1.54) is 11.3 Å². The summed E-state index contributed by atoms with van der Waals surface area (Å²) in [6, 6.07) is 5.63. The summed E-state index contributed by atoms with van der Waals surface area (Å²) in [4.78, 5) is 16.3. The van der Waals surface area contributed by atoms with Gasteiger partial charge in [-0.05, 0) is 35.0 Å². The van der Waals surface area contributed by atoms with Gasteiger partial charge in [0, 0.05) is 9.85 Å². The third-order valence-corrected chi connectivity index (χ3v) is 4.05. The fourth-order valence-electron chi connectivity index (χ4n) is 1.40. The number of rotatable bonds is 3. The lowest BCUT2D eigenvalue weighted by Gasteiger charge is -2.05. The van der Waals surface area contributed by atoms with Crippen molar-refractivity contribution < 1.29 is 4.79 Å². The number of carbonyl (C=O) groups is 1. The minimum atomic E-state index is -0.180. The molecule has 0 aliphatic rings. The molecule has 1 heterocycles. The molecule has 94 valence electrons. The van der Waals surface area contributed by atoms with Crippen molar-refractivity contribution in [3.05, 3.63) is 44.9 Å². The number of anilines is 1. The first-order valence-corrected chi connectivity index (χ1v) is 7.38. The van der Waals surface area contributed by atoms with Gasteiger partial charge in [0.25, 0.3) is 5.91 Å². The monoisotopic (exact) mass is 344 g/mol. The van der Waals surface area contributed by atoms with Crippen LogP contribution in [0, 0.1) is 6.92 Å². The van der Waals surface area contributed by atoms with Crippen LogP contribution in [0.5, 0.6) is 0 Å². The van der Waals surface area contributed by atoms with Gasteiger partial charge in [-0.3, -0.25) is 10.1 Å². The lowest BCUT2D eigenvalue weighted by molar-refractivity contribution is 0.102. The average molecular weight is 346 g/mol. The number of nitrogens with one attached hydrogen (secondary N) is 1. The van der Waals surface area contributed by atoms with Crippen molar-refractivity contribution in [1.29, 1.82) is 0 Å². The summed E-state index contributed by atoms with van der Waals surface area (Å²) in [6.45, 7) is 1.94. The van der Waals surface area contributed by atoms with Gasteiger partial charge in [0.15, 0.2) is 5.13 Å². The van der Waals surface area contributed by atoms with Gasteiger partial charge >= 0.3 is 0 Å². The number of amides is 1. The summed E-state index contributed by atoms with van der Waals surface area (Å²) >= 11 is 10.4. The normalized spacial score (nSPS) is 10.4. The number of hydrogen-bond donors (Lipinski definition) is 1. The number of hydrogen-bond acceptors (Lipinski definition) is 3. The second kappa shape index (κ2) is 5.82. The highest BCUT2D eigenvalue weighted by Crippen LogP contribution is 2.21. The largest absolute Gasteiger partial charge is 0.298 e. The average Bonchev–Trinajstić information content (AvgIpc) is 2.80. The van der Waals surface area contributed by atoms with Gasteiger partial charge in [0.1, 0.15) is 0 Å². The molecule has 1 aromatic carbocycles. The van der Waals surface area contributed by atoms with E-state index in [4.69, 9.17) is 11.6 Å². The standard InChI is InChI=1S/C12H10BrClN2OS/c1-7-2-3-10(13)9(4-7)11(17)16-12-15-8(5-14)6-18-12/h2-4,6H,5H2,1H3,(H,15,16,17). The first kappa shape index (κ1) is 13.5. The van der Waals surface area contributed by atoms with E-state index in [1.54, 1.807) is 0 Å². The molecule has 0 fully saturated rings. The van der Waals surface area contributed by atoms with Gasteiger partial charge < -0.3 is 0 Å². The molecule has 0 saturated heterocycles. The maximum absolute atomic E-state index is 12.1. The van der Waals surface area contributed by atoms with E-state index in [0.29, 0.717) is 16.6 Å². The van der Waals surface area contributed by atoms with Crippen molar-refractivity contribution in [1.82, 2.24) is 4.98 Å². The van der Waals surface area contributed by atoms with Crippen LogP contribution in [0.3, 0.4) is 0 Å². The van der Waals surface area contributed by atoms with Gasteiger partial charge in [0.2, 0.25) is 0 Å². The molecule has 0 bridgehead atoms. The van der Waals surface area contributed by atoms with Gasteiger partial charge in [-0.15, -0.1) is 22.9 Å². The summed E-state index contributed by atoms with van der Waals surface area (Å²) in [5, 5.41) is 5.15. The highest BCUT2D eigenvalue weighted by molar-refractivity contribution is 9.10. The third kappa shape index (κ3) is 3.10. The lowest BCUT2D eigenvalue weighted by Crippen LogP contribution is -2.12. The highest BCUT2D eigenvalue weighted by Gasteiger charge is 2.12. The number of nitrogens with zero attached hydrogens (tertiary/aromatic N) is 1. The Kier molecular flexibility index (Phi) is 4.37. The smallest absolute Gasteiger partial charge is 0.258 e.